The van der Waals surface area contributed by atoms with E-state index in [1.54, 1.807) is 13.0 Å². The van der Waals surface area contributed by atoms with Crippen molar-refractivity contribution < 1.29 is 32.6 Å². The van der Waals surface area contributed by atoms with Crippen molar-refractivity contribution in [3.8, 4) is 5.88 Å². The normalized spacial score (nSPS) is 14.9. The largest absolute Gasteiger partial charge is 0.478 e. The van der Waals surface area contributed by atoms with Crippen molar-refractivity contribution in [3.63, 3.8) is 0 Å². The van der Waals surface area contributed by atoms with Gasteiger partial charge >= 0.3 is 12.1 Å². The van der Waals surface area contributed by atoms with E-state index in [1.165, 1.54) is 37.4 Å². The number of carbonyl (C=O) groups excluding carboxylic acids is 1. The standard InChI is InChI=1S/C21H19ClF3N3O4/c1-11(12-6-8-13(9-7-12)20(30)31)26-18(29)16-17(21(23,24)25)27-28(2)19(16)32-15-5-3-4-14(22)10-15/h5-11H,3-4H2,1-2H3,(H,26,29)(H,30,31)/t11-/m0/s1. The van der Waals surface area contributed by atoms with Gasteiger partial charge in [0.05, 0.1) is 11.6 Å². The van der Waals surface area contributed by atoms with E-state index in [9.17, 15) is 22.8 Å². The average Bonchev–Trinajstić information content (AvgIpc) is 3.04. The molecule has 0 saturated heterocycles. The lowest BCUT2D eigenvalue weighted by Crippen LogP contribution is -2.29. The number of carboxylic acid groups (broad SMARTS) is 1. The van der Waals surface area contributed by atoms with Crippen molar-refractivity contribution in [3.05, 3.63) is 69.6 Å². The first-order valence-electron chi connectivity index (χ1n) is 9.49. The Morgan fingerprint density at radius 1 is 1.28 bits per heavy atom. The third kappa shape index (κ3) is 5.13. The lowest BCUT2D eigenvalue weighted by Gasteiger charge is -2.17. The van der Waals surface area contributed by atoms with E-state index in [0.717, 1.165) is 4.68 Å². The molecule has 0 aliphatic heterocycles. The summed E-state index contributed by atoms with van der Waals surface area (Å²) >= 11 is 5.99. The van der Waals surface area contributed by atoms with E-state index in [0.29, 0.717) is 23.4 Å². The number of hydrogen-bond acceptors (Lipinski definition) is 4. The van der Waals surface area contributed by atoms with E-state index >= 15 is 0 Å². The van der Waals surface area contributed by atoms with Gasteiger partial charge < -0.3 is 15.2 Å². The Morgan fingerprint density at radius 3 is 2.50 bits per heavy atom. The number of aryl methyl sites for hydroxylation is 1. The topological polar surface area (TPSA) is 93.5 Å². The molecule has 0 fully saturated rings. The number of aromatic nitrogens is 2. The van der Waals surface area contributed by atoms with Crippen molar-refractivity contribution in [1.29, 1.82) is 0 Å². The highest BCUT2D eigenvalue weighted by molar-refractivity contribution is 6.29. The van der Waals surface area contributed by atoms with Gasteiger partial charge in [-0.2, -0.15) is 18.3 Å². The van der Waals surface area contributed by atoms with Crippen LogP contribution in [0.5, 0.6) is 5.88 Å². The summed E-state index contributed by atoms with van der Waals surface area (Å²) < 4.78 is 47.3. The van der Waals surface area contributed by atoms with Crippen molar-refractivity contribution in [2.24, 2.45) is 7.05 Å². The van der Waals surface area contributed by atoms with Crippen molar-refractivity contribution in [1.82, 2.24) is 15.1 Å². The number of carboxylic acids is 1. The molecule has 1 aromatic carbocycles. The summed E-state index contributed by atoms with van der Waals surface area (Å²) in [5, 5.41) is 15.4. The molecule has 1 aliphatic carbocycles. The quantitative estimate of drug-likeness (QED) is 0.633. The molecule has 0 saturated carbocycles. The minimum Gasteiger partial charge on any atom is -0.478 e. The van der Waals surface area contributed by atoms with Gasteiger partial charge in [0.15, 0.2) is 5.69 Å². The monoisotopic (exact) mass is 469 g/mol. The number of ether oxygens (including phenoxy) is 1. The van der Waals surface area contributed by atoms with E-state index < -0.39 is 35.4 Å². The zero-order valence-electron chi connectivity index (χ0n) is 17.0. The molecule has 2 aromatic rings. The van der Waals surface area contributed by atoms with Gasteiger partial charge in [0.1, 0.15) is 11.3 Å². The van der Waals surface area contributed by atoms with Crippen molar-refractivity contribution in [2.75, 3.05) is 0 Å². The predicted octanol–water partition coefficient (Wildman–Crippen LogP) is 4.81. The lowest BCUT2D eigenvalue weighted by molar-refractivity contribution is -0.141. The van der Waals surface area contributed by atoms with Gasteiger partial charge in [0.25, 0.3) is 5.91 Å². The molecule has 1 aromatic heterocycles. The van der Waals surface area contributed by atoms with Crippen molar-refractivity contribution >= 4 is 23.5 Å². The Hall–Kier alpha value is -3.27. The summed E-state index contributed by atoms with van der Waals surface area (Å²) in [4.78, 5) is 23.9. The van der Waals surface area contributed by atoms with Gasteiger partial charge in [-0.3, -0.25) is 4.79 Å². The van der Waals surface area contributed by atoms with Gasteiger partial charge in [0, 0.05) is 12.1 Å². The average molecular weight is 470 g/mol. The van der Waals surface area contributed by atoms with Gasteiger partial charge in [-0.25, -0.2) is 9.48 Å². The Labute approximate surface area is 186 Å². The Balaban J connectivity index is 1.92. The number of benzene rings is 1. The van der Waals surface area contributed by atoms with Gasteiger partial charge in [-0.05, 0) is 49.6 Å². The number of aromatic carboxylic acids is 1. The first-order chi connectivity index (χ1) is 15.0. The fraction of sp³-hybridized carbons (Fsp3) is 0.286. The molecular weight excluding hydrogens is 451 g/mol. The summed E-state index contributed by atoms with van der Waals surface area (Å²) in [7, 11) is 1.24. The molecule has 1 heterocycles. The van der Waals surface area contributed by atoms with E-state index in [2.05, 4.69) is 10.4 Å². The fourth-order valence-corrected chi connectivity index (χ4v) is 3.33. The molecule has 170 valence electrons. The number of rotatable bonds is 6. The number of nitrogens with one attached hydrogen (secondary N) is 1. The van der Waals surface area contributed by atoms with Gasteiger partial charge in [-0.1, -0.05) is 23.7 Å². The minimum atomic E-state index is -4.90. The summed E-state index contributed by atoms with van der Waals surface area (Å²) in [5.74, 6) is -2.32. The molecule has 0 spiro atoms. The molecule has 1 amide bonds. The maximum absolute atomic E-state index is 13.6. The second-order valence-corrected chi connectivity index (χ2v) is 7.60. The number of hydrogen-bond donors (Lipinski definition) is 2. The molecule has 3 rings (SSSR count). The number of halogens is 4. The molecule has 11 heteroatoms. The first-order valence-corrected chi connectivity index (χ1v) is 9.87. The zero-order chi connectivity index (χ0) is 23.6. The Kier molecular flexibility index (Phi) is 6.63. The van der Waals surface area contributed by atoms with Crippen molar-refractivity contribution in [2.45, 2.75) is 32.0 Å². The fourth-order valence-electron chi connectivity index (χ4n) is 3.12. The molecule has 1 aliphatic rings. The van der Waals surface area contributed by atoms with E-state index in [1.807, 2.05) is 0 Å². The van der Waals surface area contributed by atoms with Crippen LogP contribution >= 0.6 is 11.6 Å². The highest BCUT2D eigenvalue weighted by atomic mass is 35.5. The molecule has 0 unspecified atom stereocenters. The molecule has 7 nitrogen and oxygen atoms in total. The number of carbonyl (C=O) groups is 2. The Bertz CT molecular complexity index is 1100. The smallest absolute Gasteiger partial charge is 0.436 e. The molecule has 1 atom stereocenters. The van der Waals surface area contributed by atoms with E-state index in [-0.39, 0.29) is 17.2 Å². The van der Waals surface area contributed by atoms with Crippen LogP contribution in [0.15, 0.2) is 47.2 Å². The molecule has 2 N–H and O–H groups in total. The minimum absolute atomic E-state index is 0.0436. The second kappa shape index (κ2) is 9.07. The summed E-state index contributed by atoms with van der Waals surface area (Å²) in [6.45, 7) is 1.56. The summed E-state index contributed by atoms with van der Waals surface area (Å²) in [5.41, 5.74) is -1.59. The van der Waals surface area contributed by atoms with Crippen LogP contribution in [0.2, 0.25) is 0 Å². The number of allylic oxidation sites excluding steroid dienone is 3. The zero-order valence-corrected chi connectivity index (χ0v) is 17.8. The van der Waals surface area contributed by atoms with Crippen LogP contribution in [0.25, 0.3) is 0 Å². The maximum atomic E-state index is 13.6. The predicted molar refractivity (Wildman–Crippen MR) is 109 cm³/mol. The number of nitrogens with zero attached hydrogens (tertiary/aromatic N) is 2. The van der Waals surface area contributed by atoms with Crippen LogP contribution in [0.1, 0.15) is 57.8 Å². The third-order valence-electron chi connectivity index (χ3n) is 4.74. The summed E-state index contributed by atoms with van der Waals surface area (Å²) in [6, 6.07) is 4.90. The van der Waals surface area contributed by atoms with Crippen LogP contribution in [0.4, 0.5) is 13.2 Å². The first kappa shape index (κ1) is 23.4. The third-order valence-corrected chi connectivity index (χ3v) is 5.04. The molecule has 32 heavy (non-hydrogen) atoms. The molecular formula is C21H19ClF3N3O4. The van der Waals surface area contributed by atoms with Crippen LogP contribution < -0.4 is 10.1 Å². The van der Waals surface area contributed by atoms with Gasteiger partial charge in [-0.15, -0.1) is 0 Å². The highest BCUT2D eigenvalue weighted by Crippen LogP contribution is 2.37. The highest BCUT2D eigenvalue weighted by Gasteiger charge is 2.42. The van der Waals surface area contributed by atoms with Crippen LogP contribution in [0, 0.1) is 0 Å². The van der Waals surface area contributed by atoms with Gasteiger partial charge in [0.2, 0.25) is 5.88 Å². The molecule has 0 bridgehead atoms. The summed E-state index contributed by atoms with van der Waals surface area (Å²) in [6.07, 6.45) is -0.647. The van der Waals surface area contributed by atoms with Crippen LogP contribution in [-0.4, -0.2) is 26.8 Å². The number of amides is 1. The van der Waals surface area contributed by atoms with Crippen LogP contribution in [0.3, 0.4) is 0 Å². The second-order valence-electron chi connectivity index (χ2n) is 7.11. The van der Waals surface area contributed by atoms with Crippen LogP contribution in [-0.2, 0) is 13.2 Å². The maximum Gasteiger partial charge on any atom is 0.436 e. The Morgan fingerprint density at radius 2 is 1.94 bits per heavy atom. The molecule has 0 radical (unpaired) electrons. The SMILES string of the molecule is C[C@H](NC(=O)c1c(C(F)(F)F)nn(C)c1OC1=CCCC(Cl)=C1)c1ccc(C(=O)O)cc1. The number of alkyl halides is 3. The van der Waals surface area contributed by atoms with E-state index in [4.69, 9.17) is 21.4 Å². The lowest BCUT2D eigenvalue weighted by atomic mass is 10.1.